The maximum Gasteiger partial charge on any atom is 0.126 e. The Hall–Kier alpha value is -0.870. The molecule has 0 unspecified atom stereocenters. The zero-order chi connectivity index (χ0) is 11.6. The van der Waals surface area contributed by atoms with Crippen molar-refractivity contribution in [3.8, 4) is 11.5 Å². The van der Waals surface area contributed by atoms with Gasteiger partial charge in [0.05, 0.1) is 32.8 Å². The molecule has 0 atom stereocenters. The van der Waals surface area contributed by atoms with Crippen LogP contribution in [0.4, 0.5) is 0 Å². The largest absolute Gasteiger partial charge is 0.497 e. The smallest absolute Gasteiger partial charge is 0.126 e. The van der Waals surface area contributed by atoms with E-state index in [9.17, 15) is 0 Å². The second-order valence-electron chi connectivity index (χ2n) is 4.00. The summed E-state index contributed by atoms with van der Waals surface area (Å²) in [6, 6.07) is 5.89. The van der Waals surface area contributed by atoms with E-state index in [2.05, 4.69) is 12.6 Å². The molecule has 0 aliphatic carbocycles. The van der Waals surface area contributed by atoms with Crippen LogP contribution in [0.15, 0.2) is 18.2 Å². The van der Waals surface area contributed by atoms with Crippen LogP contribution in [-0.4, -0.2) is 33.2 Å². The Kier molecular flexibility index (Phi) is 3.30. The number of ether oxygens (including phenoxy) is 3. The van der Waals surface area contributed by atoms with Gasteiger partial charge in [-0.3, -0.25) is 0 Å². The van der Waals surface area contributed by atoms with E-state index in [1.165, 1.54) is 0 Å². The molecule has 0 N–H and O–H groups in total. The first-order chi connectivity index (χ1) is 7.75. The maximum absolute atomic E-state index is 5.40. The third-order valence-electron chi connectivity index (χ3n) is 3.04. The molecule has 1 saturated heterocycles. The zero-order valence-corrected chi connectivity index (χ0v) is 10.4. The number of hydrogen-bond acceptors (Lipinski definition) is 4. The van der Waals surface area contributed by atoms with Crippen LogP contribution < -0.4 is 9.47 Å². The topological polar surface area (TPSA) is 27.7 Å². The molecular weight excluding hydrogens is 224 g/mol. The lowest BCUT2D eigenvalue weighted by atomic mass is 9.80. The van der Waals surface area contributed by atoms with Gasteiger partial charge in [-0.25, -0.2) is 0 Å². The summed E-state index contributed by atoms with van der Waals surface area (Å²) in [6.45, 7) is 1.42. The molecule has 1 heterocycles. The normalized spacial score (nSPS) is 17.7. The van der Waals surface area contributed by atoms with Crippen LogP contribution in [0.2, 0.25) is 0 Å². The molecule has 0 spiro atoms. The van der Waals surface area contributed by atoms with Gasteiger partial charge in [0, 0.05) is 17.4 Å². The molecule has 0 radical (unpaired) electrons. The van der Waals surface area contributed by atoms with Crippen molar-refractivity contribution in [2.24, 2.45) is 0 Å². The summed E-state index contributed by atoms with van der Waals surface area (Å²) < 4.78 is 15.9. The van der Waals surface area contributed by atoms with Crippen LogP contribution in [-0.2, 0) is 10.2 Å². The predicted molar refractivity (Wildman–Crippen MR) is 65.9 cm³/mol. The van der Waals surface area contributed by atoms with Crippen LogP contribution in [0.3, 0.4) is 0 Å². The number of methoxy groups -OCH3 is 2. The molecule has 4 heteroatoms. The standard InChI is InChI=1S/C12H16O3S/c1-13-9-3-4-10(11(5-9)14-2)12(8-16)6-15-7-12/h3-5,16H,6-8H2,1-2H3. The van der Waals surface area contributed by atoms with Crippen molar-refractivity contribution in [2.45, 2.75) is 5.41 Å². The van der Waals surface area contributed by atoms with Crippen LogP contribution >= 0.6 is 12.6 Å². The highest BCUT2D eigenvalue weighted by atomic mass is 32.1. The van der Waals surface area contributed by atoms with E-state index >= 15 is 0 Å². The molecule has 2 rings (SSSR count). The summed E-state index contributed by atoms with van der Waals surface area (Å²) in [4.78, 5) is 0. The van der Waals surface area contributed by atoms with Gasteiger partial charge < -0.3 is 14.2 Å². The second kappa shape index (κ2) is 4.55. The van der Waals surface area contributed by atoms with Crippen LogP contribution in [0, 0.1) is 0 Å². The van der Waals surface area contributed by atoms with Gasteiger partial charge in [0.2, 0.25) is 0 Å². The van der Waals surface area contributed by atoms with Gasteiger partial charge >= 0.3 is 0 Å². The Morgan fingerprint density at radius 2 is 2.06 bits per heavy atom. The summed E-state index contributed by atoms with van der Waals surface area (Å²) in [5.41, 5.74) is 1.15. The van der Waals surface area contributed by atoms with E-state index < -0.39 is 0 Å². The Bertz CT molecular complexity index is 369. The molecule has 1 aliphatic rings. The molecule has 1 aromatic rings. The third kappa shape index (κ3) is 1.76. The third-order valence-corrected chi connectivity index (χ3v) is 3.64. The van der Waals surface area contributed by atoms with Gasteiger partial charge in [-0.05, 0) is 6.07 Å². The van der Waals surface area contributed by atoms with Crippen molar-refractivity contribution >= 4 is 12.6 Å². The first-order valence-corrected chi connectivity index (χ1v) is 5.80. The van der Waals surface area contributed by atoms with E-state index in [0.717, 1.165) is 22.8 Å². The maximum atomic E-state index is 5.40. The van der Waals surface area contributed by atoms with Crippen molar-refractivity contribution in [3.63, 3.8) is 0 Å². The molecule has 1 fully saturated rings. The average molecular weight is 240 g/mol. The highest BCUT2D eigenvalue weighted by molar-refractivity contribution is 7.80. The van der Waals surface area contributed by atoms with Crippen molar-refractivity contribution in [2.75, 3.05) is 33.2 Å². The van der Waals surface area contributed by atoms with Crippen LogP contribution in [0.1, 0.15) is 5.56 Å². The van der Waals surface area contributed by atoms with Gasteiger partial charge in [0.15, 0.2) is 0 Å². The Morgan fingerprint density at radius 3 is 2.50 bits per heavy atom. The van der Waals surface area contributed by atoms with Crippen molar-refractivity contribution in [1.29, 1.82) is 0 Å². The summed E-state index contributed by atoms with van der Waals surface area (Å²) in [6.07, 6.45) is 0. The zero-order valence-electron chi connectivity index (χ0n) is 9.53. The molecule has 0 saturated carbocycles. The second-order valence-corrected chi connectivity index (χ2v) is 4.31. The van der Waals surface area contributed by atoms with Gasteiger partial charge in [0.1, 0.15) is 11.5 Å². The highest BCUT2D eigenvalue weighted by Crippen LogP contribution is 2.40. The highest BCUT2D eigenvalue weighted by Gasteiger charge is 2.41. The SMILES string of the molecule is COc1ccc(C2(CS)COC2)c(OC)c1. The number of thiol groups is 1. The van der Waals surface area contributed by atoms with E-state index in [4.69, 9.17) is 14.2 Å². The van der Waals surface area contributed by atoms with Gasteiger partial charge in [-0.15, -0.1) is 0 Å². The van der Waals surface area contributed by atoms with Crippen LogP contribution in [0.5, 0.6) is 11.5 Å². The minimum absolute atomic E-state index is 0.000720. The quantitative estimate of drug-likeness (QED) is 0.815. The first-order valence-electron chi connectivity index (χ1n) is 5.17. The average Bonchev–Trinajstić information content (AvgIpc) is 2.28. The van der Waals surface area contributed by atoms with Gasteiger partial charge in [-0.2, -0.15) is 12.6 Å². The first kappa shape index (κ1) is 11.6. The fraction of sp³-hybridized carbons (Fsp3) is 0.500. The molecule has 1 aromatic carbocycles. The van der Waals surface area contributed by atoms with Crippen molar-refractivity contribution < 1.29 is 14.2 Å². The molecule has 0 aromatic heterocycles. The number of rotatable bonds is 4. The molecule has 16 heavy (non-hydrogen) atoms. The number of benzene rings is 1. The fourth-order valence-electron chi connectivity index (χ4n) is 1.92. The monoisotopic (exact) mass is 240 g/mol. The Morgan fingerprint density at radius 1 is 1.31 bits per heavy atom. The Labute approximate surface area is 101 Å². The summed E-state index contributed by atoms with van der Waals surface area (Å²) in [7, 11) is 3.32. The molecule has 88 valence electrons. The van der Waals surface area contributed by atoms with Crippen molar-refractivity contribution in [3.05, 3.63) is 23.8 Å². The predicted octanol–water partition coefficient (Wildman–Crippen LogP) is 1.90. The molecule has 0 amide bonds. The molecular formula is C12H16O3S. The van der Waals surface area contributed by atoms with E-state index in [1.54, 1.807) is 14.2 Å². The lowest BCUT2D eigenvalue weighted by molar-refractivity contribution is -0.0480. The molecule has 0 bridgehead atoms. The fourth-order valence-corrected chi connectivity index (χ4v) is 2.27. The summed E-state index contributed by atoms with van der Waals surface area (Å²) in [5.74, 6) is 2.40. The van der Waals surface area contributed by atoms with Gasteiger partial charge in [0.25, 0.3) is 0 Å². The van der Waals surface area contributed by atoms with E-state index in [0.29, 0.717) is 13.2 Å². The summed E-state index contributed by atoms with van der Waals surface area (Å²) >= 11 is 4.41. The van der Waals surface area contributed by atoms with E-state index in [-0.39, 0.29) is 5.41 Å². The lowest BCUT2D eigenvalue weighted by Crippen LogP contribution is -2.48. The van der Waals surface area contributed by atoms with Gasteiger partial charge in [-0.1, -0.05) is 6.07 Å². The Balaban J connectivity index is 2.39. The van der Waals surface area contributed by atoms with E-state index in [1.807, 2.05) is 18.2 Å². The van der Waals surface area contributed by atoms with Crippen molar-refractivity contribution in [1.82, 2.24) is 0 Å². The minimum atomic E-state index is 0.000720. The van der Waals surface area contributed by atoms with Crippen LogP contribution in [0.25, 0.3) is 0 Å². The molecule has 1 aliphatic heterocycles. The minimum Gasteiger partial charge on any atom is -0.497 e. The lowest BCUT2D eigenvalue weighted by Gasteiger charge is -2.41. The molecule has 3 nitrogen and oxygen atoms in total. The number of hydrogen-bond donors (Lipinski definition) is 1. The summed E-state index contributed by atoms with van der Waals surface area (Å²) in [5, 5.41) is 0.